The maximum absolute atomic E-state index is 13.1. The minimum absolute atomic E-state index is 0.159. The van der Waals surface area contributed by atoms with Crippen LogP contribution in [0.25, 0.3) is 0 Å². The number of hydrogen-bond donors (Lipinski definition) is 0. The average molecular weight is 393 g/mol. The Bertz CT molecular complexity index is 791. The highest BCUT2D eigenvalue weighted by molar-refractivity contribution is 6.41. The van der Waals surface area contributed by atoms with Gasteiger partial charge in [0.05, 0.1) is 28.8 Å². The van der Waals surface area contributed by atoms with E-state index in [9.17, 15) is 4.79 Å². The molecule has 0 radical (unpaired) electrons. The number of rotatable bonds is 5. The number of carbonyl (C=O) groups is 1. The number of carbonyl (C=O) groups excluding carboxylic acids is 1. The lowest BCUT2D eigenvalue weighted by Crippen LogP contribution is -2.20. The zero-order valence-electron chi connectivity index (χ0n) is 15.0. The Balaban J connectivity index is 1.99. The lowest BCUT2D eigenvalue weighted by Gasteiger charge is -2.24. The first-order chi connectivity index (χ1) is 12.5. The van der Waals surface area contributed by atoms with Gasteiger partial charge in [-0.3, -0.25) is 4.79 Å². The monoisotopic (exact) mass is 392 g/mol. The normalized spacial score (nSPS) is 14.9. The van der Waals surface area contributed by atoms with Gasteiger partial charge < -0.3 is 9.47 Å². The second kappa shape index (κ2) is 8.32. The van der Waals surface area contributed by atoms with Crippen molar-refractivity contribution in [3.63, 3.8) is 0 Å². The van der Waals surface area contributed by atoms with Crippen molar-refractivity contribution in [3.05, 3.63) is 57.1 Å². The Morgan fingerprint density at radius 2 is 1.69 bits per heavy atom. The molecule has 0 spiro atoms. The van der Waals surface area contributed by atoms with Gasteiger partial charge in [0.25, 0.3) is 0 Å². The molecule has 0 aliphatic heterocycles. The molecular weight excluding hydrogens is 371 g/mol. The summed E-state index contributed by atoms with van der Waals surface area (Å²) in [6.07, 6.45) is 5.79. The quantitative estimate of drug-likeness (QED) is 0.563. The van der Waals surface area contributed by atoms with Crippen LogP contribution in [-0.4, -0.2) is 19.0 Å². The van der Waals surface area contributed by atoms with Gasteiger partial charge in [0.1, 0.15) is 0 Å². The van der Waals surface area contributed by atoms with E-state index in [1.807, 2.05) is 13.0 Å². The third-order valence-corrected chi connectivity index (χ3v) is 5.42. The number of hydrogen-bond acceptors (Lipinski definition) is 3. The number of ether oxygens (including phenoxy) is 2. The summed E-state index contributed by atoms with van der Waals surface area (Å²) < 4.78 is 11.6. The molecule has 138 valence electrons. The summed E-state index contributed by atoms with van der Waals surface area (Å²) in [6, 6.07) is 8.64. The lowest BCUT2D eigenvalue weighted by atomic mass is 9.96. The maximum Gasteiger partial charge on any atom is 0.196 e. The van der Waals surface area contributed by atoms with Crippen LogP contribution in [0.3, 0.4) is 0 Å². The third kappa shape index (κ3) is 3.99. The van der Waals surface area contributed by atoms with Crippen molar-refractivity contribution in [3.8, 4) is 11.5 Å². The number of ketones is 1. The fourth-order valence-corrected chi connectivity index (χ4v) is 3.94. The van der Waals surface area contributed by atoms with Crippen molar-refractivity contribution in [1.29, 1.82) is 0 Å². The summed E-state index contributed by atoms with van der Waals surface area (Å²) in [5.41, 5.74) is 1.62. The van der Waals surface area contributed by atoms with Crippen molar-refractivity contribution < 1.29 is 14.3 Å². The standard InChI is InChI=1S/C21H22Cl2O3/c1-13-11-18(25-2)19(26-14-7-4-3-5-8-14)12-15(13)21(24)20-16(22)9-6-10-17(20)23/h6,9-12,14H,3-5,7-8H2,1-2H3. The second-order valence-corrected chi connectivity index (χ2v) is 7.44. The van der Waals surface area contributed by atoms with Crippen LogP contribution in [0.2, 0.25) is 10.0 Å². The van der Waals surface area contributed by atoms with E-state index in [1.54, 1.807) is 31.4 Å². The van der Waals surface area contributed by atoms with Crippen LogP contribution in [0.4, 0.5) is 0 Å². The molecule has 5 heteroatoms. The zero-order chi connectivity index (χ0) is 18.7. The minimum Gasteiger partial charge on any atom is -0.493 e. The van der Waals surface area contributed by atoms with E-state index in [1.165, 1.54) is 19.3 Å². The third-order valence-electron chi connectivity index (χ3n) is 4.79. The Labute approximate surface area is 164 Å². The molecule has 0 bridgehead atoms. The van der Waals surface area contributed by atoms with E-state index >= 15 is 0 Å². The van der Waals surface area contributed by atoms with Crippen LogP contribution < -0.4 is 9.47 Å². The Morgan fingerprint density at radius 3 is 2.31 bits per heavy atom. The van der Waals surface area contributed by atoms with Gasteiger partial charge in [-0.15, -0.1) is 0 Å². The first-order valence-corrected chi connectivity index (χ1v) is 9.61. The van der Waals surface area contributed by atoms with Crippen LogP contribution >= 0.6 is 23.2 Å². The molecule has 0 amide bonds. The van der Waals surface area contributed by atoms with Crippen molar-refractivity contribution >= 4 is 29.0 Å². The predicted octanol–water partition coefficient (Wildman–Crippen LogP) is 6.25. The fourth-order valence-electron chi connectivity index (χ4n) is 3.37. The SMILES string of the molecule is COc1cc(C)c(C(=O)c2c(Cl)cccc2Cl)cc1OC1CCCCC1. The van der Waals surface area contributed by atoms with Gasteiger partial charge in [-0.2, -0.15) is 0 Å². The van der Waals surface area contributed by atoms with Crippen LogP contribution in [0, 0.1) is 6.92 Å². The molecule has 0 unspecified atom stereocenters. The molecule has 3 nitrogen and oxygen atoms in total. The van der Waals surface area contributed by atoms with E-state index in [0.29, 0.717) is 32.7 Å². The molecule has 1 saturated carbocycles. The fraction of sp³-hybridized carbons (Fsp3) is 0.381. The van der Waals surface area contributed by atoms with Crippen LogP contribution in [-0.2, 0) is 0 Å². The molecule has 0 N–H and O–H groups in total. The highest BCUT2D eigenvalue weighted by Gasteiger charge is 2.23. The summed E-state index contributed by atoms with van der Waals surface area (Å²) in [4.78, 5) is 13.1. The lowest BCUT2D eigenvalue weighted by molar-refractivity contribution is 0.103. The molecule has 0 aromatic heterocycles. The number of benzene rings is 2. The summed E-state index contributed by atoms with van der Waals surface area (Å²) >= 11 is 12.4. The van der Waals surface area contributed by atoms with Gasteiger partial charge in [0.15, 0.2) is 17.3 Å². The average Bonchev–Trinajstić information content (AvgIpc) is 2.63. The van der Waals surface area contributed by atoms with Crippen molar-refractivity contribution in [2.24, 2.45) is 0 Å². The summed E-state index contributed by atoms with van der Waals surface area (Å²) in [5.74, 6) is 1.01. The molecule has 26 heavy (non-hydrogen) atoms. The van der Waals surface area contributed by atoms with Gasteiger partial charge in [0, 0.05) is 5.56 Å². The molecule has 1 aliphatic rings. The van der Waals surface area contributed by atoms with Crippen LogP contribution in [0.15, 0.2) is 30.3 Å². The molecule has 1 fully saturated rings. The van der Waals surface area contributed by atoms with E-state index in [2.05, 4.69) is 0 Å². The highest BCUT2D eigenvalue weighted by atomic mass is 35.5. The highest BCUT2D eigenvalue weighted by Crippen LogP contribution is 2.36. The topological polar surface area (TPSA) is 35.5 Å². The molecular formula is C21H22Cl2O3. The first-order valence-electron chi connectivity index (χ1n) is 8.85. The summed E-state index contributed by atoms with van der Waals surface area (Å²) in [6.45, 7) is 1.87. The molecule has 0 heterocycles. The van der Waals surface area contributed by atoms with Crippen molar-refractivity contribution in [1.82, 2.24) is 0 Å². The molecule has 2 aromatic rings. The number of methoxy groups -OCH3 is 1. The molecule has 0 saturated heterocycles. The van der Waals surface area contributed by atoms with Crippen molar-refractivity contribution in [2.45, 2.75) is 45.1 Å². The predicted molar refractivity (Wildman–Crippen MR) is 105 cm³/mol. The molecule has 0 atom stereocenters. The zero-order valence-corrected chi connectivity index (χ0v) is 16.5. The van der Waals surface area contributed by atoms with E-state index in [0.717, 1.165) is 18.4 Å². The van der Waals surface area contributed by atoms with Gasteiger partial charge in [-0.05, 0) is 62.4 Å². The first kappa shape index (κ1) is 19.1. The Hall–Kier alpha value is -1.71. The van der Waals surface area contributed by atoms with Crippen molar-refractivity contribution in [2.75, 3.05) is 7.11 Å². The van der Waals surface area contributed by atoms with E-state index < -0.39 is 0 Å². The summed E-state index contributed by atoms with van der Waals surface area (Å²) in [7, 11) is 1.61. The van der Waals surface area contributed by atoms with Gasteiger partial charge >= 0.3 is 0 Å². The van der Waals surface area contributed by atoms with Gasteiger partial charge in [-0.25, -0.2) is 0 Å². The van der Waals surface area contributed by atoms with Gasteiger partial charge in [0.2, 0.25) is 0 Å². The van der Waals surface area contributed by atoms with Gasteiger partial charge in [-0.1, -0.05) is 35.7 Å². The summed E-state index contributed by atoms with van der Waals surface area (Å²) in [5, 5.41) is 0.680. The van der Waals surface area contributed by atoms with E-state index in [-0.39, 0.29) is 11.9 Å². The number of aryl methyl sites for hydroxylation is 1. The Morgan fingerprint density at radius 1 is 1.04 bits per heavy atom. The Kier molecular flexibility index (Phi) is 6.10. The second-order valence-electron chi connectivity index (χ2n) is 6.62. The smallest absolute Gasteiger partial charge is 0.196 e. The molecule has 3 rings (SSSR count). The largest absolute Gasteiger partial charge is 0.493 e. The van der Waals surface area contributed by atoms with Crippen LogP contribution in [0.1, 0.15) is 53.6 Å². The maximum atomic E-state index is 13.1. The van der Waals surface area contributed by atoms with E-state index in [4.69, 9.17) is 32.7 Å². The number of halogens is 2. The molecule has 1 aliphatic carbocycles. The molecule has 2 aromatic carbocycles. The minimum atomic E-state index is -0.214. The van der Waals surface area contributed by atoms with Crippen LogP contribution in [0.5, 0.6) is 11.5 Å².